The highest BCUT2D eigenvalue weighted by molar-refractivity contribution is 5.75. The van der Waals surface area contributed by atoms with Gasteiger partial charge in [0.1, 0.15) is 5.75 Å². The maximum absolute atomic E-state index is 12.5. The minimum Gasteiger partial charge on any atom is -0.477 e. The molecule has 3 heterocycles. The van der Waals surface area contributed by atoms with Gasteiger partial charge in [0.15, 0.2) is 0 Å². The van der Waals surface area contributed by atoms with Crippen molar-refractivity contribution in [1.29, 1.82) is 0 Å². The van der Waals surface area contributed by atoms with Crippen LogP contribution < -0.4 is 14.4 Å². The number of pyridine rings is 1. The van der Waals surface area contributed by atoms with Gasteiger partial charge >= 0.3 is 5.97 Å². The van der Waals surface area contributed by atoms with Crippen LogP contribution in [0.15, 0.2) is 54.7 Å². The third kappa shape index (κ3) is 6.24. The van der Waals surface area contributed by atoms with Crippen molar-refractivity contribution in [2.45, 2.75) is 19.8 Å². The van der Waals surface area contributed by atoms with E-state index >= 15 is 0 Å². The smallest absolute Gasteiger partial charge is 0.317 e. The Morgan fingerprint density at radius 3 is 2.72 bits per heavy atom. The van der Waals surface area contributed by atoms with Gasteiger partial charge in [0.05, 0.1) is 31.9 Å². The normalized spacial score (nSPS) is 13.6. The average Bonchev–Trinajstić information content (AvgIpc) is 2.80. The molecule has 0 spiro atoms. The lowest BCUT2D eigenvalue weighted by atomic mass is 10.2. The lowest BCUT2D eigenvalue weighted by Crippen LogP contribution is -2.37. The molecule has 3 aromatic rings. The van der Waals surface area contributed by atoms with E-state index in [1.165, 1.54) is 0 Å². The molecule has 0 unspecified atom stereocenters. The van der Waals surface area contributed by atoms with Gasteiger partial charge in [-0.2, -0.15) is 4.98 Å². The molecule has 0 amide bonds. The number of carbonyl (C=O) groups excluding carboxylic acids is 1. The molecule has 1 aliphatic heterocycles. The number of aromatic nitrogens is 3. The standard InChI is InChI=1S/C24H26N4O4/c1-18-5-4-7-21(15-18)32-23(29)17-20-16-22(31-12-8-19-6-2-3-9-25-19)27-24(26-20)28-10-13-30-14-11-28/h2-7,9,15-16H,8,10-14,17H2,1H3. The predicted octanol–water partition coefficient (Wildman–Crippen LogP) is 2.79. The maximum atomic E-state index is 12.5. The van der Waals surface area contributed by atoms with E-state index in [4.69, 9.17) is 14.2 Å². The van der Waals surface area contributed by atoms with E-state index in [0.29, 0.717) is 62.6 Å². The zero-order valence-electron chi connectivity index (χ0n) is 18.1. The molecule has 0 bridgehead atoms. The van der Waals surface area contributed by atoms with Gasteiger partial charge in [0.25, 0.3) is 0 Å². The van der Waals surface area contributed by atoms with E-state index in [2.05, 4.69) is 15.0 Å². The Hall–Kier alpha value is -3.52. The minimum atomic E-state index is -0.387. The van der Waals surface area contributed by atoms with Gasteiger partial charge in [-0.15, -0.1) is 0 Å². The molecule has 1 aromatic carbocycles. The fourth-order valence-electron chi connectivity index (χ4n) is 3.33. The molecule has 8 heteroatoms. The predicted molar refractivity (Wildman–Crippen MR) is 119 cm³/mol. The first-order valence-electron chi connectivity index (χ1n) is 10.7. The number of hydrogen-bond donors (Lipinski definition) is 0. The second-order valence-corrected chi connectivity index (χ2v) is 7.48. The minimum absolute atomic E-state index is 0.0183. The zero-order chi connectivity index (χ0) is 22.2. The molecule has 4 rings (SSSR count). The van der Waals surface area contributed by atoms with Crippen LogP contribution in [0.3, 0.4) is 0 Å². The first-order chi connectivity index (χ1) is 15.7. The summed E-state index contributed by atoms with van der Waals surface area (Å²) in [7, 11) is 0. The molecule has 0 saturated carbocycles. The van der Waals surface area contributed by atoms with Gasteiger partial charge in [-0.05, 0) is 36.8 Å². The Kier molecular flexibility index (Phi) is 7.24. The Balaban J connectivity index is 1.46. The summed E-state index contributed by atoms with van der Waals surface area (Å²) in [6.45, 7) is 4.96. The van der Waals surface area contributed by atoms with Crippen LogP contribution in [-0.2, 0) is 22.4 Å². The van der Waals surface area contributed by atoms with Crippen LogP contribution in [-0.4, -0.2) is 53.8 Å². The summed E-state index contributed by atoms with van der Waals surface area (Å²) >= 11 is 0. The average molecular weight is 434 g/mol. The van der Waals surface area contributed by atoms with E-state index in [0.717, 1.165) is 11.3 Å². The van der Waals surface area contributed by atoms with Crippen molar-refractivity contribution in [3.8, 4) is 11.6 Å². The first-order valence-corrected chi connectivity index (χ1v) is 10.7. The van der Waals surface area contributed by atoms with Crippen molar-refractivity contribution < 1.29 is 19.0 Å². The van der Waals surface area contributed by atoms with Gasteiger partial charge in [-0.25, -0.2) is 4.98 Å². The number of nitrogens with zero attached hydrogens (tertiary/aromatic N) is 4. The van der Waals surface area contributed by atoms with Crippen molar-refractivity contribution in [2.75, 3.05) is 37.8 Å². The first kappa shape index (κ1) is 21.7. The molecule has 0 aliphatic carbocycles. The molecule has 1 fully saturated rings. The van der Waals surface area contributed by atoms with Crippen molar-refractivity contribution >= 4 is 11.9 Å². The van der Waals surface area contributed by atoms with Crippen molar-refractivity contribution in [1.82, 2.24) is 15.0 Å². The topological polar surface area (TPSA) is 86.7 Å². The number of morpholine rings is 1. The van der Waals surface area contributed by atoms with Gasteiger partial charge in [0.2, 0.25) is 11.8 Å². The van der Waals surface area contributed by atoms with Gasteiger partial charge < -0.3 is 19.1 Å². The van der Waals surface area contributed by atoms with Crippen molar-refractivity contribution in [3.63, 3.8) is 0 Å². The summed E-state index contributed by atoms with van der Waals surface area (Å²) in [6.07, 6.45) is 2.43. The molecule has 32 heavy (non-hydrogen) atoms. The number of rotatable bonds is 8. The third-order valence-corrected chi connectivity index (χ3v) is 4.92. The molecule has 1 saturated heterocycles. The van der Waals surface area contributed by atoms with Crippen LogP contribution in [0.4, 0.5) is 5.95 Å². The van der Waals surface area contributed by atoms with Crippen LogP contribution >= 0.6 is 0 Å². The Morgan fingerprint density at radius 2 is 1.94 bits per heavy atom. The van der Waals surface area contributed by atoms with Gasteiger partial charge in [-0.1, -0.05) is 18.2 Å². The van der Waals surface area contributed by atoms with Crippen LogP contribution in [0.5, 0.6) is 11.6 Å². The Morgan fingerprint density at radius 1 is 1.06 bits per heavy atom. The molecule has 8 nitrogen and oxygen atoms in total. The number of benzene rings is 1. The summed E-state index contributed by atoms with van der Waals surface area (Å²) in [4.78, 5) is 28.0. The van der Waals surface area contributed by atoms with Gasteiger partial charge in [0, 0.05) is 37.5 Å². The monoisotopic (exact) mass is 434 g/mol. The number of aryl methyl sites for hydroxylation is 1. The quantitative estimate of drug-likeness (QED) is 0.395. The lowest BCUT2D eigenvalue weighted by molar-refractivity contribution is -0.133. The number of carbonyl (C=O) groups is 1. The molecular weight excluding hydrogens is 408 g/mol. The fourth-order valence-corrected chi connectivity index (χ4v) is 3.33. The van der Waals surface area contributed by atoms with E-state index in [9.17, 15) is 4.79 Å². The number of esters is 1. The summed E-state index contributed by atoms with van der Waals surface area (Å²) in [6, 6.07) is 14.9. The maximum Gasteiger partial charge on any atom is 0.317 e. The van der Waals surface area contributed by atoms with E-state index in [1.54, 1.807) is 18.3 Å². The number of anilines is 1. The molecule has 2 aromatic heterocycles. The molecule has 0 N–H and O–H groups in total. The molecule has 1 aliphatic rings. The summed E-state index contributed by atoms with van der Waals surface area (Å²) in [5.41, 5.74) is 2.51. The SMILES string of the molecule is Cc1cccc(OC(=O)Cc2cc(OCCc3ccccn3)nc(N3CCOCC3)n2)c1. The molecular formula is C24H26N4O4. The van der Waals surface area contributed by atoms with Crippen LogP contribution in [0.25, 0.3) is 0 Å². The highest BCUT2D eigenvalue weighted by Gasteiger charge is 2.18. The fraction of sp³-hybridized carbons (Fsp3) is 0.333. The summed E-state index contributed by atoms with van der Waals surface area (Å²) in [5.74, 6) is 1.09. The Bertz CT molecular complexity index is 1040. The highest BCUT2D eigenvalue weighted by Crippen LogP contribution is 2.19. The van der Waals surface area contributed by atoms with E-state index < -0.39 is 0 Å². The third-order valence-electron chi connectivity index (χ3n) is 4.92. The number of ether oxygens (including phenoxy) is 3. The van der Waals surface area contributed by atoms with Crippen LogP contribution in [0.2, 0.25) is 0 Å². The largest absolute Gasteiger partial charge is 0.477 e. The summed E-state index contributed by atoms with van der Waals surface area (Å²) < 4.78 is 16.8. The molecule has 0 radical (unpaired) electrons. The second-order valence-electron chi connectivity index (χ2n) is 7.48. The number of hydrogen-bond acceptors (Lipinski definition) is 8. The molecule has 166 valence electrons. The second kappa shape index (κ2) is 10.7. The van der Waals surface area contributed by atoms with Gasteiger partial charge in [-0.3, -0.25) is 9.78 Å². The van der Waals surface area contributed by atoms with Crippen LogP contribution in [0.1, 0.15) is 17.0 Å². The van der Waals surface area contributed by atoms with Crippen molar-refractivity contribution in [3.05, 3.63) is 71.7 Å². The lowest BCUT2D eigenvalue weighted by Gasteiger charge is -2.27. The van der Waals surface area contributed by atoms with Crippen LogP contribution in [0, 0.1) is 6.92 Å². The molecule has 0 atom stereocenters. The zero-order valence-corrected chi connectivity index (χ0v) is 18.1. The van der Waals surface area contributed by atoms with Crippen molar-refractivity contribution in [2.24, 2.45) is 0 Å². The highest BCUT2D eigenvalue weighted by atomic mass is 16.5. The summed E-state index contributed by atoms with van der Waals surface area (Å²) in [5, 5.41) is 0. The van der Waals surface area contributed by atoms with E-state index in [1.807, 2.05) is 48.2 Å². The Labute approximate surface area is 187 Å². The van der Waals surface area contributed by atoms with E-state index in [-0.39, 0.29) is 12.4 Å².